The van der Waals surface area contributed by atoms with Crippen molar-refractivity contribution in [2.24, 2.45) is 0 Å². The third-order valence-electron chi connectivity index (χ3n) is 3.11. The molecule has 0 saturated heterocycles. The molecule has 94 valence electrons. The first-order valence-corrected chi connectivity index (χ1v) is 6.57. The van der Waals surface area contributed by atoms with Gasteiger partial charge in [-0.15, -0.1) is 11.6 Å². The van der Waals surface area contributed by atoms with E-state index in [1.807, 2.05) is 24.3 Å². The molecule has 0 amide bonds. The van der Waals surface area contributed by atoms with Crippen molar-refractivity contribution < 1.29 is 4.74 Å². The maximum absolute atomic E-state index is 5.81. The van der Waals surface area contributed by atoms with Crippen LogP contribution in [0.3, 0.4) is 0 Å². The number of rotatable bonds is 4. The lowest BCUT2D eigenvalue weighted by Gasteiger charge is -2.11. The molecule has 0 aliphatic rings. The summed E-state index contributed by atoms with van der Waals surface area (Å²) >= 11 is 5.75. The number of benzene rings is 2. The minimum Gasteiger partial charge on any atom is -0.489 e. The largest absolute Gasteiger partial charge is 0.489 e. The van der Waals surface area contributed by atoms with Crippen molar-refractivity contribution in [3.05, 3.63) is 64.7 Å². The molecule has 0 bridgehead atoms. The Balaban J connectivity index is 2.06. The van der Waals surface area contributed by atoms with Crippen molar-refractivity contribution in [1.29, 1.82) is 0 Å². The predicted molar refractivity (Wildman–Crippen MR) is 76.2 cm³/mol. The molecule has 0 unspecified atom stereocenters. The number of alkyl halides is 1. The highest BCUT2D eigenvalue weighted by atomic mass is 35.5. The lowest BCUT2D eigenvalue weighted by atomic mass is 10.0. The molecule has 0 heterocycles. The van der Waals surface area contributed by atoms with Crippen LogP contribution in [0, 0.1) is 13.8 Å². The van der Waals surface area contributed by atoms with Gasteiger partial charge in [0.05, 0.1) is 0 Å². The molecule has 0 aliphatic carbocycles. The summed E-state index contributed by atoms with van der Waals surface area (Å²) in [5.74, 6) is 1.42. The fraction of sp³-hybridized carbons (Fsp3) is 0.250. The van der Waals surface area contributed by atoms with Crippen LogP contribution in [-0.2, 0) is 12.5 Å². The van der Waals surface area contributed by atoms with E-state index >= 15 is 0 Å². The van der Waals surface area contributed by atoms with Crippen LogP contribution in [0.4, 0.5) is 0 Å². The van der Waals surface area contributed by atoms with Crippen LogP contribution in [0.5, 0.6) is 5.75 Å². The summed E-state index contributed by atoms with van der Waals surface area (Å²) in [6.45, 7) is 4.84. The van der Waals surface area contributed by atoms with Gasteiger partial charge in [-0.25, -0.2) is 0 Å². The first kappa shape index (κ1) is 13.0. The van der Waals surface area contributed by atoms with Gasteiger partial charge in [0.1, 0.15) is 12.4 Å². The van der Waals surface area contributed by atoms with Crippen LogP contribution in [0.25, 0.3) is 0 Å². The molecule has 2 rings (SSSR count). The minimum absolute atomic E-state index is 0.539. The van der Waals surface area contributed by atoms with Gasteiger partial charge in [0.2, 0.25) is 0 Å². The van der Waals surface area contributed by atoms with E-state index in [9.17, 15) is 0 Å². The Morgan fingerprint density at radius 3 is 2.11 bits per heavy atom. The SMILES string of the molecule is Cc1cccc(C)c1COc1ccc(CCl)cc1. The van der Waals surface area contributed by atoms with E-state index in [0.717, 1.165) is 11.3 Å². The van der Waals surface area contributed by atoms with E-state index in [2.05, 4.69) is 32.0 Å². The number of hydrogen-bond donors (Lipinski definition) is 0. The maximum atomic E-state index is 5.81. The highest BCUT2D eigenvalue weighted by Crippen LogP contribution is 2.18. The van der Waals surface area contributed by atoms with Gasteiger partial charge in [0, 0.05) is 5.88 Å². The van der Waals surface area contributed by atoms with Gasteiger partial charge in [-0.3, -0.25) is 0 Å². The molecule has 0 fully saturated rings. The van der Waals surface area contributed by atoms with Crippen LogP contribution in [-0.4, -0.2) is 0 Å². The third-order valence-corrected chi connectivity index (χ3v) is 3.41. The van der Waals surface area contributed by atoms with E-state index in [-0.39, 0.29) is 0 Å². The molecule has 0 saturated carbocycles. The van der Waals surface area contributed by atoms with Crippen LogP contribution in [0.1, 0.15) is 22.3 Å². The average Bonchev–Trinajstić information content (AvgIpc) is 2.39. The van der Waals surface area contributed by atoms with Crippen molar-refractivity contribution in [1.82, 2.24) is 0 Å². The van der Waals surface area contributed by atoms with Gasteiger partial charge in [0.15, 0.2) is 0 Å². The van der Waals surface area contributed by atoms with E-state index in [1.165, 1.54) is 16.7 Å². The Morgan fingerprint density at radius 1 is 0.944 bits per heavy atom. The molecule has 0 spiro atoms. The summed E-state index contributed by atoms with van der Waals surface area (Å²) in [4.78, 5) is 0. The predicted octanol–water partition coefficient (Wildman–Crippen LogP) is 4.62. The molecular weight excluding hydrogens is 244 g/mol. The van der Waals surface area contributed by atoms with Gasteiger partial charge in [-0.2, -0.15) is 0 Å². The minimum atomic E-state index is 0.539. The van der Waals surface area contributed by atoms with Crippen molar-refractivity contribution in [3.8, 4) is 5.75 Å². The lowest BCUT2D eigenvalue weighted by molar-refractivity contribution is 0.304. The zero-order valence-electron chi connectivity index (χ0n) is 10.7. The summed E-state index contributed by atoms with van der Waals surface area (Å²) in [7, 11) is 0. The van der Waals surface area contributed by atoms with E-state index in [1.54, 1.807) is 0 Å². The number of aryl methyl sites for hydroxylation is 2. The van der Waals surface area contributed by atoms with Gasteiger partial charge in [-0.05, 0) is 48.2 Å². The number of ether oxygens (including phenoxy) is 1. The molecule has 0 aliphatic heterocycles. The number of hydrogen-bond acceptors (Lipinski definition) is 1. The Morgan fingerprint density at radius 2 is 1.56 bits per heavy atom. The van der Waals surface area contributed by atoms with Crippen LogP contribution >= 0.6 is 11.6 Å². The molecule has 18 heavy (non-hydrogen) atoms. The Hall–Kier alpha value is -1.47. The zero-order valence-corrected chi connectivity index (χ0v) is 11.5. The summed E-state index contributed by atoms with van der Waals surface area (Å²) in [5.41, 5.74) is 4.91. The van der Waals surface area contributed by atoms with Crippen molar-refractivity contribution in [3.63, 3.8) is 0 Å². The first-order chi connectivity index (χ1) is 8.70. The first-order valence-electron chi connectivity index (χ1n) is 6.03. The molecule has 0 atom stereocenters. The van der Waals surface area contributed by atoms with Crippen molar-refractivity contribution >= 4 is 11.6 Å². The second-order valence-corrected chi connectivity index (χ2v) is 4.70. The lowest BCUT2D eigenvalue weighted by Crippen LogP contribution is -2.00. The topological polar surface area (TPSA) is 9.23 Å². The molecule has 0 aromatic heterocycles. The smallest absolute Gasteiger partial charge is 0.119 e. The summed E-state index contributed by atoms with van der Waals surface area (Å²) in [6, 6.07) is 14.2. The normalized spacial score (nSPS) is 10.4. The molecule has 2 aromatic carbocycles. The van der Waals surface area contributed by atoms with E-state index in [4.69, 9.17) is 16.3 Å². The number of halogens is 1. The fourth-order valence-corrected chi connectivity index (χ4v) is 2.09. The molecule has 0 N–H and O–H groups in total. The quantitative estimate of drug-likeness (QED) is 0.729. The summed E-state index contributed by atoms with van der Waals surface area (Å²) in [5, 5.41) is 0. The third kappa shape index (κ3) is 3.05. The van der Waals surface area contributed by atoms with Crippen molar-refractivity contribution in [2.75, 3.05) is 0 Å². The van der Waals surface area contributed by atoms with Crippen molar-refractivity contribution in [2.45, 2.75) is 26.3 Å². The van der Waals surface area contributed by atoms with Crippen LogP contribution in [0.2, 0.25) is 0 Å². The highest BCUT2D eigenvalue weighted by molar-refractivity contribution is 6.17. The molecule has 1 nitrogen and oxygen atoms in total. The molecular formula is C16H17ClO. The molecule has 2 aromatic rings. The maximum Gasteiger partial charge on any atom is 0.119 e. The van der Waals surface area contributed by atoms with Gasteiger partial charge in [-0.1, -0.05) is 30.3 Å². The van der Waals surface area contributed by atoms with E-state index in [0.29, 0.717) is 12.5 Å². The van der Waals surface area contributed by atoms with Gasteiger partial charge in [0.25, 0.3) is 0 Å². The van der Waals surface area contributed by atoms with Crippen LogP contribution in [0.15, 0.2) is 42.5 Å². The molecule has 0 radical (unpaired) electrons. The highest BCUT2D eigenvalue weighted by Gasteiger charge is 2.03. The zero-order chi connectivity index (χ0) is 13.0. The second kappa shape index (κ2) is 5.92. The average molecular weight is 261 g/mol. The summed E-state index contributed by atoms with van der Waals surface area (Å²) < 4.78 is 5.81. The van der Waals surface area contributed by atoms with Crippen LogP contribution < -0.4 is 4.74 Å². The molecule has 2 heteroatoms. The summed E-state index contributed by atoms with van der Waals surface area (Å²) in [6.07, 6.45) is 0. The second-order valence-electron chi connectivity index (χ2n) is 4.44. The fourth-order valence-electron chi connectivity index (χ4n) is 1.91. The Kier molecular flexibility index (Phi) is 4.27. The van der Waals surface area contributed by atoms with E-state index < -0.39 is 0 Å². The Labute approximate surface area is 113 Å². The monoisotopic (exact) mass is 260 g/mol. The van der Waals surface area contributed by atoms with Gasteiger partial charge >= 0.3 is 0 Å². The van der Waals surface area contributed by atoms with Gasteiger partial charge < -0.3 is 4.74 Å². The Bertz CT molecular complexity index is 497. The standard InChI is InChI=1S/C16H17ClO/c1-12-4-3-5-13(2)16(12)11-18-15-8-6-14(10-17)7-9-15/h3-9H,10-11H2,1-2H3.